The molecule has 0 radical (unpaired) electrons. The fourth-order valence-corrected chi connectivity index (χ4v) is 2.81. The summed E-state index contributed by atoms with van der Waals surface area (Å²) < 4.78 is 5.64. The summed E-state index contributed by atoms with van der Waals surface area (Å²) in [5, 5.41) is 9.53. The van der Waals surface area contributed by atoms with Gasteiger partial charge < -0.3 is 10.5 Å². The van der Waals surface area contributed by atoms with E-state index >= 15 is 0 Å². The van der Waals surface area contributed by atoms with Crippen molar-refractivity contribution in [3.05, 3.63) is 28.3 Å². The SMILES string of the molecule is CCOc1cc(C#N)c(Cl)cc1CN1CC[C@@H](CN)C1.Cl. The maximum atomic E-state index is 9.04. The van der Waals surface area contributed by atoms with Gasteiger partial charge in [-0.05, 0) is 44.5 Å². The molecule has 0 unspecified atom stereocenters. The van der Waals surface area contributed by atoms with Crippen LogP contribution in [0.15, 0.2) is 12.1 Å². The maximum Gasteiger partial charge on any atom is 0.125 e. The standard InChI is InChI=1S/C15H20ClN3O.ClH/c1-2-20-15-6-12(8-18)14(16)5-13(15)10-19-4-3-11(7-17)9-19;/h5-6,11H,2-4,7,9-10,17H2,1H3;1H/t11-;/m0./s1. The number of ether oxygens (including phenoxy) is 1. The highest BCUT2D eigenvalue weighted by molar-refractivity contribution is 6.31. The lowest BCUT2D eigenvalue weighted by Crippen LogP contribution is -2.23. The zero-order chi connectivity index (χ0) is 14.5. The third-order valence-electron chi connectivity index (χ3n) is 3.67. The Bertz CT molecular complexity index is 516. The zero-order valence-electron chi connectivity index (χ0n) is 12.1. The Morgan fingerprint density at radius 1 is 1.52 bits per heavy atom. The van der Waals surface area contributed by atoms with Gasteiger partial charge in [0, 0.05) is 18.7 Å². The third-order valence-corrected chi connectivity index (χ3v) is 3.98. The Hall–Kier alpha value is -0.990. The van der Waals surface area contributed by atoms with E-state index in [4.69, 9.17) is 27.3 Å². The smallest absolute Gasteiger partial charge is 0.125 e. The first-order valence-electron chi connectivity index (χ1n) is 6.95. The Balaban J connectivity index is 0.00000220. The summed E-state index contributed by atoms with van der Waals surface area (Å²) in [6.45, 7) is 6.10. The molecule has 1 aromatic carbocycles. The summed E-state index contributed by atoms with van der Waals surface area (Å²) in [7, 11) is 0. The molecule has 0 spiro atoms. The topological polar surface area (TPSA) is 62.3 Å². The minimum Gasteiger partial charge on any atom is -0.493 e. The van der Waals surface area contributed by atoms with Crippen molar-refractivity contribution in [1.82, 2.24) is 4.90 Å². The molecule has 1 aliphatic heterocycles. The van der Waals surface area contributed by atoms with Crippen molar-refractivity contribution >= 4 is 24.0 Å². The van der Waals surface area contributed by atoms with Crippen LogP contribution in [0, 0.1) is 17.2 Å². The lowest BCUT2D eigenvalue weighted by atomic mass is 10.1. The molecule has 0 aliphatic carbocycles. The Labute approximate surface area is 137 Å². The molecule has 2 rings (SSSR count). The number of nitrogens with zero attached hydrogens (tertiary/aromatic N) is 2. The van der Waals surface area contributed by atoms with E-state index in [-0.39, 0.29) is 12.4 Å². The number of halogens is 2. The minimum absolute atomic E-state index is 0. The molecule has 0 aromatic heterocycles. The van der Waals surface area contributed by atoms with Crippen molar-refractivity contribution in [2.24, 2.45) is 11.7 Å². The molecule has 21 heavy (non-hydrogen) atoms. The Morgan fingerprint density at radius 3 is 2.86 bits per heavy atom. The van der Waals surface area contributed by atoms with Gasteiger partial charge in [0.2, 0.25) is 0 Å². The number of rotatable bonds is 5. The summed E-state index contributed by atoms with van der Waals surface area (Å²) in [5.41, 5.74) is 7.21. The molecule has 6 heteroatoms. The first kappa shape index (κ1) is 18.1. The van der Waals surface area contributed by atoms with Crippen LogP contribution >= 0.6 is 24.0 Å². The van der Waals surface area contributed by atoms with Gasteiger partial charge in [0.15, 0.2) is 0 Å². The first-order chi connectivity index (χ1) is 9.67. The largest absolute Gasteiger partial charge is 0.493 e. The number of nitrogens with two attached hydrogens (primary N) is 1. The normalized spacial score (nSPS) is 18.1. The van der Waals surface area contributed by atoms with Gasteiger partial charge in [-0.3, -0.25) is 4.90 Å². The van der Waals surface area contributed by atoms with Gasteiger partial charge in [-0.2, -0.15) is 5.26 Å². The molecule has 0 bridgehead atoms. The van der Waals surface area contributed by atoms with E-state index < -0.39 is 0 Å². The minimum atomic E-state index is 0. The van der Waals surface area contributed by atoms with Crippen LogP contribution in [0.3, 0.4) is 0 Å². The first-order valence-corrected chi connectivity index (χ1v) is 7.33. The fourth-order valence-electron chi connectivity index (χ4n) is 2.58. The second-order valence-corrected chi connectivity index (χ2v) is 5.52. The van der Waals surface area contributed by atoms with Crippen LogP contribution in [0.5, 0.6) is 5.75 Å². The van der Waals surface area contributed by atoms with Crippen molar-refractivity contribution in [1.29, 1.82) is 5.26 Å². The molecule has 0 saturated carbocycles. The lowest BCUT2D eigenvalue weighted by Gasteiger charge is -2.19. The highest BCUT2D eigenvalue weighted by atomic mass is 35.5. The van der Waals surface area contributed by atoms with Gasteiger partial charge in [0.05, 0.1) is 17.2 Å². The third kappa shape index (κ3) is 4.49. The molecule has 1 aliphatic rings. The number of likely N-dealkylation sites (tertiary alicyclic amines) is 1. The zero-order valence-corrected chi connectivity index (χ0v) is 13.7. The molecule has 1 aromatic rings. The highest BCUT2D eigenvalue weighted by Gasteiger charge is 2.22. The summed E-state index contributed by atoms with van der Waals surface area (Å²) in [6, 6.07) is 5.67. The molecule has 116 valence electrons. The van der Waals surface area contributed by atoms with Crippen molar-refractivity contribution in [3.63, 3.8) is 0 Å². The Morgan fingerprint density at radius 2 is 2.29 bits per heavy atom. The second kappa shape index (κ2) is 8.45. The molecule has 1 fully saturated rings. The van der Waals surface area contributed by atoms with Crippen molar-refractivity contribution < 1.29 is 4.74 Å². The van der Waals surface area contributed by atoms with Crippen LogP contribution in [-0.4, -0.2) is 31.1 Å². The van der Waals surface area contributed by atoms with E-state index in [0.717, 1.165) is 43.9 Å². The van der Waals surface area contributed by atoms with Crippen LogP contribution in [-0.2, 0) is 6.54 Å². The van der Waals surface area contributed by atoms with Gasteiger partial charge in [-0.15, -0.1) is 12.4 Å². The van der Waals surface area contributed by atoms with E-state index in [1.807, 2.05) is 13.0 Å². The van der Waals surface area contributed by atoms with E-state index in [1.165, 1.54) is 0 Å². The predicted molar refractivity (Wildman–Crippen MR) is 87.0 cm³/mol. The Kier molecular flexibility index (Phi) is 7.27. The average Bonchev–Trinajstić information content (AvgIpc) is 2.89. The summed E-state index contributed by atoms with van der Waals surface area (Å²) in [6.07, 6.45) is 1.14. The average molecular weight is 330 g/mol. The van der Waals surface area contributed by atoms with E-state index in [1.54, 1.807) is 6.07 Å². The van der Waals surface area contributed by atoms with Gasteiger partial charge >= 0.3 is 0 Å². The quantitative estimate of drug-likeness (QED) is 0.902. The van der Waals surface area contributed by atoms with Crippen LogP contribution in [0.25, 0.3) is 0 Å². The molecular weight excluding hydrogens is 309 g/mol. The molecule has 0 amide bonds. The van der Waals surface area contributed by atoms with E-state index in [9.17, 15) is 0 Å². The summed E-state index contributed by atoms with van der Waals surface area (Å²) in [4.78, 5) is 2.36. The summed E-state index contributed by atoms with van der Waals surface area (Å²) in [5.74, 6) is 1.34. The molecule has 1 saturated heterocycles. The van der Waals surface area contributed by atoms with Gasteiger partial charge in [0.1, 0.15) is 11.8 Å². The number of benzene rings is 1. The van der Waals surface area contributed by atoms with Crippen LogP contribution < -0.4 is 10.5 Å². The number of nitriles is 1. The van der Waals surface area contributed by atoms with Crippen LogP contribution in [0.1, 0.15) is 24.5 Å². The number of hydrogen-bond donors (Lipinski definition) is 1. The second-order valence-electron chi connectivity index (χ2n) is 5.11. The van der Waals surface area contributed by atoms with Gasteiger partial charge in [-0.1, -0.05) is 11.6 Å². The van der Waals surface area contributed by atoms with E-state index in [0.29, 0.717) is 23.1 Å². The fraction of sp³-hybridized carbons (Fsp3) is 0.533. The van der Waals surface area contributed by atoms with Gasteiger partial charge in [0.25, 0.3) is 0 Å². The maximum absolute atomic E-state index is 9.04. The number of hydrogen-bond acceptors (Lipinski definition) is 4. The monoisotopic (exact) mass is 329 g/mol. The molecular formula is C15H21Cl2N3O. The van der Waals surface area contributed by atoms with Crippen LogP contribution in [0.4, 0.5) is 0 Å². The lowest BCUT2D eigenvalue weighted by molar-refractivity contribution is 0.297. The molecule has 1 heterocycles. The van der Waals surface area contributed by atoms with Crippen molar-refractivity contribution in [2.75, 3.05) is 26.2 Å². The predicted octanol–water partition coefficient (Wildman–Crippen LogP) is 2.81. The van der Waals surface area contributed by atoms with Gasteiger partial charge in [-0.25, -0.2) is 0 Å². The molecule has 1 atom stereocenters. The van der Waals surface area contributed by atoms with Crippen LogP contribution in [0.2, 0.25) is 5.02 Å². The van der Waals surface area contributed by atoms with E-state index in [2.05, 4.69) is 11.0 Å². The highest BCUT2D eigenvalue weighted by Crippen LogP contribution is 2.29. The summed E-state index contributed by atoms with van der Waals surface area (Å²) >= 11 is 6.13. The molecule has 2 N–H and O–H groups in total. The molecule has 4 nitrogen and oxygen atoms in total. The van der Waals surface area contributed by atoms with Crippen molar-refractivity contribution in [3.8, 4) is 11.8 Å². The van der Waals surface area contributed by atoms with Crippen molar-refractivity contribution in [2.45, 2.75) is 19.9 Å².